The highest BCUT2D eigenvalue weighted by Crippen LogP contribution is 2.22. The molecule has 18 heavy (non-hydrogen) atoms. The molecule has 1 rings (SSSR count). The molecular weight excluding hydrogens is 222 g/mol. The van der Waals surface area contributed by atoms with Crippen LogP contribution in [0.4, 0.5) is 0 Å². The number of aromatic nitrogens is 2. The van der Waals surface area contributed by atoms with Gasteiger partial charge in [-0.15, -0.1) is 0 Å². The topological polar surface area (TPSA) is 29.9 Å². The van der Waals surface area contributed by atoms with Gasteiger partial charge in [0.25, 0.3) is 0 Å². The molecule has 1 atom stereocenters. The zero-order valence-corrected chi connectivity index (χ0v) is 12.7. The number of aryl methyl sites for hydroxylation is 1. The Morgan fingerprint density at radius 3 is 2.61 bits per heavy atom. The number of hydrogen-bond acceptors (Lipinski definition) is 2. The van der Waals surface area contributed by atoms with Crippen molar-refractivity contribution in [2.24, 2.45) is 5.41 Å². The van der Waals surface area contributed by atoms with Crippen LogP contribution in [0.15, 0.2) is 12.4 Å². The first-order valence-electron chi connectivity index (χ1n) is 7.19. The van der Waals surface area contributed by atoms with Crippen LogP contribution >= 0.6 is 0 Å². The summed E-state index contributed by atoms with van der Waals surface area (Å²) in [5.41, 5.74) is 0.356. The Bertz CT molecular complexity index is 336. The lowest BCUT2D eigenvalue weighted by atomic mass is 9.87. The zero-order valence-electron chi connectivity index (χ0n) is 12.7. The van der Waals surface area contributed by atoms with E-state index >= 15 is 0 Å². The standard InChI is InChI=1S/C15H29N3/c1-6-8-16-13(12-15(3,4)5)11-14-17-9-10-18(14)7-2/h9-10,13,16H,6-8,11-12H2,1-5H3. The molecule has 1 N–H and O–H groups in total. The molecule has 0 amide bonds. The highest BCUT2D eigenvalue weighted by Gasteiger charge is 2.20. The van der Waals surface area contributed by atoms with Gasteiger partial charge in [-0.05, 0) is 31.7 Å². The van der Waals surface area contributed by atoms with Crippen LogP contribution in [0.2, 0.25) is 0 Å². The van der Waals surface area contributed by atoms with E-state index in [1.165, 1.54) is 18.7 Å². The quantitative estimate of drug-likeness (QED) is 0.806. The van der Waals surface area contributed by atoms with E-state index in [1.54, 1.807) is 0 Å². The lowest BCUT2D eigenvalue weighted by molar-refractivity contribution is 0.303. The summed E-state index contributed by atoms with van der Waals surface area (Å²) in [4.78, 5) is 4.49. The molecule has 0 spiro atoms. The number of nitrogens with zero attached hydrogens (tertiary/aromatic N) is 2. The summed E-state index contributed by atoms with van der Waals surface area (Å²) in [5, 5.41) is 3.66. The third-order valence-corrected chi connectivity index (χ3v) is 3.11. The van der Waals surface area contributed by atoms with Gasteiger partial charge in [-0.2, -0.15) is 0 Å². The summed E-state index contributed by atoms with van der Waals surface area (Å²) in [6.07, 6.45) is 7.38. The second kappa shape index (κ2) is 6.93. The van der Waals surface area contributed by atoms with E-state index < -0.39 is 0 Å². The van der Waals surface area contributed by atoms with Crippen molar-refractivity contribution in [1.82, 2.24) is 14.9 Å². The molecule has 0 fully saturated rings. The first-order chi connectivity index (χ1) is 8.46. The van der Waals surface area contributed by atoms with Gasteiger partial charge in [0.05, 0.1) is 0 Å². The third-order valence-electron chi connectivity index (χ3n) is 3.11. The predicted molar refractivity (Wildman–Crippen MR) is 77.8 cm³/mol. The number of rotatable bonds is 7. The Morgan fingerprint density at radius 2 is 2.06 bits per heavy atom. The summed E-state index contributed by atoms with van der Waals surface area (Å²) in [5.74, 6) is 1.20. The van der Waals surface area contributed by atoms with Crippen molar-refractivity contribution in [3.63, 3.8) is 0 Å². The van der Waals surface area contributed by atoms with Gasteiger partial charge in [-0.25, -0.2) is 4.98 Å². The zero-order chi connectivity index (χ0) is 13.6. The minimum Gasteiger partial charge on any atom is -0.335 e. The Kier molecular flexibility index (Phi) is 5.86. The summed E-state index contributed by atoms with van der Waals surface area (Å²) in [7, 11) is 0. The van der Waals surface area contributed by atoms with Gasteiger partial charge in [-0.1, -0.05) is 27.7 Å². The highest BCUT2D eigenvalue weighted by atomic mass is 15.1. The Labute approximate surface area is 112 Å². The molecule has 0 bridgehead atoms. The fraction of sp³-hybridized carbons (Fsp3) is 0.800. The first-order valence-corrected chi connectivity index (χ1v) is 7.19. The molecule has 3 nitrogen and oxygen atoms in total. The van der Waals surface area contributed by atoms with E-state index in [-0.39, 0.29) is 0 Å². The lowest BCUT2D eigenvalue weighted by Crippen LogP contribution is -2.36. The number of imidazole rings is 1. The van der Waals surface area contributed by atoms with Gasteiger partial charge in [0.1, 0.15) is 5.82 Å². The molecule has 0 aromatic carbocycles. The SMILES string of the molecule is CCCNC(Cc1nccn1CC)CC(C)(C)C. The Balaban J connectivity index is 2.65. The van der Waals surface area contributed by atoms with E-state index in [0.29, 0.717) is 11.5 Å². The lowest BCUT2D eigenvalue weighted by Gasteiger charge is -2.27. The van der Waals surface area contributed by atoms with Gasteiger partial charge in [0.2, 0.25) is 0 Å². The smallest absolute Gasteiger partial charge is 0.110 e. The fourth-order valence-corrected chi connectivity index (χ4v) is 2.34. The van der Waals surface area contributed by atoms with Crippen molar-refractivity contribution < 1.29 is 0 Å². The van der Waals surface area contributed by atoms with E-state index in [0.717, 1.165) is 19.5 Å². The van der Waals surface area contributed by atoms with Crippen LogP contribution in [0.5, 0.6) is 0 Å². The molecule has 1 unspecified atom stereocenters. The van der Waals surface area contributed by atoms with Crippen LogP contribution in [0.25, 0.3) is 0 Å². The summed E-state index contributed by atoms with van der Waals surface area (Å²) >= 11 is 0. The fourth-order valence-electron chi connectivity index (χ4n) is 2.34. The second-order valence-corrected chi connectivity index (χ2v) is 6.25. The molecule has 104 valence electrons. The van der Waals surface area contributed by atoms with E-state index in [4.69, 9.17) is 0 Å². The van der Waals surface area contributed by atoms with Crippen LogP contribution in [0, 0.1) is 5.41 Å². The number of nitrogens with one attached hydrogen (secondary N) is 1. The molecule has 0 aliphatic rings. The van der Waals surface area contributed by atoms with Crippen molar-refractivity contribution in [2.45, 2.75) is 66.5 Å². The molecule has 1 aromatic rings. The largest absolute Gasteiger partial charge is 0.335 e. The maximum atomic E-state index is 4.49. The maximum Gasteiger partial charge on any atom is 0.110 e. The molecule has 1 aromatic heterocycles. The average Bonchev–Trinajstić information content (AvgIpc) is 2.71. The predicted octanol–water partition coefficient (Wildman–Crippen LogP) is 3.25. The second-order valence-electron chi connectivity index (χ2n) is 6.25. The third kappa shape index (κ3) is 5.21. The van der Waals surface area contributed by atoms with Crippen LogP contribution in [-0.4, -0.2) is 22.1 Å². The van der Waals surface area contributed by atoms with Crippen LogP contribution < -0.4 is 5.32 Å². The highest BCUT2D eigenvalue weighted by molar-refractivity contribution is 4.96. The van der Waals surface area contributed by atoms with Gasteiger partial charge in [0.15, 0.2) is 0 Å². The minimum absolute atomic E-state index is 0.356. The molecule has 3 heteroatoms. The van der Waals surface area contributed by atoms with Gasteiger partial charge in [-0.3, -0.25) is 0 Å². The van der Waals surface area contributed by atoms with Crippen molar-refractivity contribution in [3.05, 3.63) is 18.2 Å². The minimum atomic E-state index is 0.356. The van der Waals surface area contributed by atoms with Crippen molar-refractivity contribution >= 4 is 0 Å². The van der Waals surface area contributed by atoms with Crippen molar-refractivity contribution in [3.8, 4) is 0 Å². The molecule has 1 heterocycles. The summed E-state index contributed by atoms with van der Waals surface area (Å²) < 4.78 is 2.24. The van der Waals surface area contributed by atoms with Gasteiger partial charge < -0.3 is 9.88 Å². The number of hydrogen-bond donors (Lipinski definition) is 1. The van der Waals surface area contributed by atoms with Gasteiger partial charge >= 0.3 is 0 Å². The molecule has 0 aliphatic carbocycles. The maximum absolute atomic E-state index is 4.49. The van der Waals surface area contributed by atoms with Crippen molar-refractivity contribution in [2.75, 3.05) is 6.54 Å². The van der Waals surface area contributed by atoms with Crippen LogP contribution in [-0.2, 0) is 13.0 Å². The van der Waals surface area contributed by atoms with Crippen LogP contribution in [0.3, 0.4) is 0 Å². The molecule has 0 saturated heterocycles. The molecule has 0 aliphatic heterocycles. The monoisotopic (exact) mass is 251 g/mol. The van der Waals surface area contributed by atoms with E-state index in [1.807, 2.05) is 6.20 Å². The summed E-state index contributed by atoms with van der Waals surface area (Å²) in [6.45, 7) is 13.4. The molecule has 0 saturated carbocycles. The first kappa shape index (κ1) is 15.2. The van der Waals surface area contributed by atoms with E-state index in [2.05, 4.69) is 55.7 Å². The van der Waals surface area contributed by atoms with Crippen LogP contribution in [0.1, 0.15) is 53.3 Å². The Hall–Kier alpha value is -0.830. The Morgan fingerprint density at radius 1 is 1.33 bits per heavy atom. The van der Waals surface area contributed by atoms with Gasteiger partial charge in [0, 0.05) is 31.4 Å². The molecule has 0 radical (unpaired) electrons. The van der Waals surface area contributed by atoms with E-state index in [9.17, 15) is 0 Å². The average molecular weight is 251 g/mol. The molecular formula is C15H29N3. The summed E-state index contributed by atoms with van der Waals surface area (Å²) in [6, 6.07) is 0.526. The normalized spacial score (nSPS) is 13.8. The van der Waals surface area contributed by atoms with Crippen molar-refractivity contribution in [1.29, 1.82) is 0 Å².